The van der Waals surface area contributed by atoms with Crippen LogP contribution < -0.4 is 11.5 Å². The molecule has 0 saturated carbocycles. The molecule has 0 spiro atoms. The van der Waals surface area contributed by atoms with Crippen molar-refractivity contribution < 1.29 is 19.8 Å². The van der Waals surface area contributed by atoms with Gasteiger partial charge in [-0.2, -0.15) is 0 Å². The second-order valence-electron chi connectivity index (χ2n) is 4.56. The van der Waals surface area contributed by atoms with E-state index in [1.807, 2.05) is 9.80 Å². The van der Waals surface area contributed by atoms with Crippen molar-refractivity contribution in [2.45, 2.75) is 12.8 Å². The van der Waals surface area contributed by atoms with Gasteiger partial charge in [-0.1, -0.05) is 0 Å². The number of rotatable bonds is 13. The van der Waals surface area contributed by atoms with E-state index in [0.717, 1.165) is 0 Å². The van der Waals surface area contributed by atoms with Gasteiger partial charge in [0.05, 0.1) is 13.2 Å². The summed E-state index contributed by atoms with van der Waals surface area (Å²) in [5.74, 6) is -0.761. The summed E-state index contributed by atoms with van der Waals surface area (Å²) in [7, 11) is 0. The van der Waals surface area contributed by atoms with Gasteiger partial charge < -0.3 is 21.7 Å². The van der Waals surface area contributed by atoms with Gasteiger partial charge in [-0.05, 0) is 0 Å². The standard InChI is InChI=1S/C12H26N4O4/c13-11(19)1-3-15(7-9-17)5-6-16(8-10-18)4-2-12(14)20/h17-18H,1-10H2,(H2,13,19)(H2,14,20). The first-order valence-corrected chi connectivity index (χ1v) is 6.72. The van der Waals surface area contributed by atoms with E-state index in [1.165, 1.54) is 0 Å². The first-order chi connectivity index (χ1) is 9.49. The number of hydrogen-bond acceptors (Lipinski definition) is 6. The van der Waals surface area contributed by atoms with E-state index in [1.54, 1.807) is 0 Å². The number of nitrogens with zero attached hydrogens (tertiary/aromatic N) is 2. The molecule has 0 bridgehead atoms. The van der Waals surface area contributed by atoms with E-state index in [-0.39, 0.29) is 37.9 Å². The highest BCUT2D eigenvalue weighted by molar-refractivity contribution is 5.74. The van der Waals surface area contributed by atoms with Gasteiger partial charge in [-0.3, -0.25) is 19.4 Å². The molecular weight excluding hydrogens is 264 g/mol. The Labute approximate surface area is 119 Å². The molecule has 0 fully saturated rings. The summed E-state index contributed by atoms with van der Waals surface area (Å²) in [5, 5.41) is 17.9. The third kappa shape index (κ3) is 10.7. The quantitative estimate of drug-likeness (QED) is 0.292. The second kappa shape index (κ2) is 11.6. The van der Waals surface area contributed by atoms with E-state index < -0.39 is 0 Å². The van der Waals surface area contributed by atoms with Crippen molar-refractivity contribution in [3.8, 4) is 0 Å². The average Bonchev–Trinajstić information content (AvgIpc) is 2.38. The fourth-order valence-corrected chi connectivity index (χ4v) is 1.77. The van der Waals surface area contributed by atoms with E-state index in [2.05, 4.69) is 0 Å². The van der Waals surface area contributed by atoms with Crippen LogP contribution in [0.4, 0.5) is 0 Å². The van der Waals surface area contributed by atoms with Gasteiger partial charge in [0.15, 0.2) is 0 Å². The molecule has 20 heavy (non-hydrogen) atoms. The highest BCUT2D eigenvalue weighted by Crippen LogP contribution is 1.96. The maximum atomic E-state index is 10.8. The molecule has 6 N–H and O–H groups in total. The van der Waals surface area contributed by atoms with Crippen LogP contribution in [0, 0.1) is 0 Å². The molecule has 0 aromatic carbocycles. The number of primary amides is 2. The Morgan fingerprint density at radius 2 is 1.05 bits per heavy atom. The van der Waals surface area contributed by atoms with Crippen molar-refractivity contribution in [1.29, 1.82) is 0 Å². The predicted octanol–water partition coefficient (Wildman–Crippen LogP) is -2.67. The summed E-state index contributed by atoms with van der Waals surface area (Å²) >= 11 is 0. The topological polar surface area (TPSA) is 133 Å². The molecule has 8 heteroatoms. The summed E-state index contributed by atoms with van der Waals surface area (Å²) in [6.45, 7) is 3.11. The number of hydrogen-bond donors (Lipinski definition) is 4. The van der Waals surface area contributed by atoms with Crippen LogP contribution in [0.2, 0.25) is 0 Å². The monoisotopic (exact) mass is 290 g/mol. The summed E-state index contributed by atoms with van der Waals surface area (Å²) < 4.78 is 0. The van der Waals surface area contributed by atoms with Crippen molar-refractivity contribution in [2.75, 3.05) is 52.5 Å². The number of carbonyl (C=O) groups excluding carboxylic acids is 2. The molecule has 0 aliphatic carbocycles. The van der Waals surface area contributed by atoms with E-state index in [4.69, 9.17) is 21.7 Å². The Morgan fingerprint density at radius 1 is 0.700 bits per heavy atom. The van der Waals surface area contributed by atoms with Gasteiger partial charge in [-0.15, -0.1) is 0 Å². The van der Waals surface area contributed by atoms with Crippen LogP contribution in [0.25, 0.3) is 0 Å². The molecule has 0 aromatic rings. The third-order valence-corrected chi connectivity index (χ3v) is 2.91. The second-order valence-corrected chi connectivity index (χ2v) is 4.56. The summed E-state index contributed by atoms with van der Waals surface area (Å²) in [5.41, 5.74) is 10.2. The third-order valence-electron chi connectivity index (χ3n) is 2.91. The minimum absolute atomic E-state index is 0.0000475. The van der Waals surface area contributed by atoms with Crippen LogP contribution in [-0.2, 0) is 9.59 Å². The molecule has 8 nitrogen and oxygen atoms in total. The molecule has 0 rings (SSSR count). The van der Waals surface area contributed by atoms with Gasteiger partial charge in [-0.25, -0.2) is 0 Å². The molecule has 2 amide bonds. The Hall–Kier alpha value is -1.22. The lowest BCUT2D eigenvalue weighted by Gasteiger charge is -2.26. The number of aliphatic hydroxyl groups excluding tert-OH is 2. The molecule has 0 unspecified atom stereocenters. The van der Waals surface area contributed by atoms with E-state index >= 15 is 0 Å². The van der Waals surface area contributed by atoms with E-state index in [0.29, 0.717) is 39.3 Å². The van der Waals surface area contributed by atoms with Crippen LogP contribution in [0.15, 0.2) is 0 Å². The predicted molar refractivity (Wildman–Crippen MR) is 74.7 cm³/mol. The molecule has 0 aliphatic rings. The number of nitrogens with two attached hydrogens (primary N) is 2. The number of carbonyl (C=O) groups is 2. The first kappa shape index (κ1) is 18.8. The fourth-order valence-electron chi connectivity index (χ4n) is 1.77. The van der Waals surface area contributed by atoms with Gasteiger partial charge in [0, 0.05) is 52.1 Å². The van der Waals surface area contributed by atoms with Gasteiger partial charge in [0.25, 0.3) is 0 Å². The molecule has 0 saturated heterocycles. The van der Waals surface area contributed by atoms with Crippen LogP contribution in [0.3, 0.4) is 0 Å². The minimum atomic E-state index is -0.381. The van der Waals surface area contributed by atoms with E-state index in [9.17, 15) is 9.59 Å². The fraction of sp³-hybridized carbons (Fsp3) is 0.833. The first-order valence-electron chi connectivity index (χ1n) is 6.72. The lowest BCUT2D eigenvalue weighted by atomic mass is 10.3. The van der Waals surface area contributed by atoms with Crippen LogP contribution in [0.1, 0.15) is 12.8 Å². The zero-order chi connectivity index (χ0) is 15.4. The molecule has 0 atom stereocenters. The Morgan fingerprint density at radius 3 is 1.30 bits per heavy atom. The zero-order valence-electron chi connectivity index (χ0n) is 11.8. The Balaban J connectivity index is 4.15. The van der Waals surface area contributed by atoms with Crippen LogP contribution >= 0.6 is 0 Å². The smallest absolute Gasteiger partial charge is 0.218 e. The van der Waals surface area contributed by atoms with Crippen molar-refractivity contribution in [2.24, 2.45) is 11.5 Å². The van der Waals surface area contributed by atoms with Gasteiger partial charge in [0.2, 0.25) is 11.8 Å². The Bertz CT molecular complexity index is 261. The molecule has 0 radical (unpaired) electrons. The summed E-state index contributed by atoms with van der Waals surface area (Å²) in [4.78, 5) is 25.4. The highest BCUT2D eigenvalue weighted by Gasteiger charge is 2.10. The van der Waals surface area contributed by atoms with Crippen molar-refractivity contribution in [1.82, 2.24) is 9.80 Å². The summed E-state index contributed by atoms with van der Waals surface area (Å²) in [6, 6.07) is 0. The molecule has 0 aliphatic heterocycles. The van der Waals surface area contributed by atoms with Gasteiger partial charge >= 0.3 is 0 Å². The van der Waals surface area contributed by atoms with Crippen molar-refractivity contribution >= 4 is 11.8 Å². The lowest BCUT2D eigenvalue weighted by molar-refractivity contribution is -0.119. The number of aliphatic hydroxyl groups is 2. The molecule has 118 valence electrons. The molecular formula is C12H26N4O4. The normalized spacial score (nSPS) is 11.2. The number of amides is 2. The highest BCUT2D eigenvalue weighted by atomic mass is 16.3. The lowest BCUT2D eigenvalue weighted by Crippen LogP contribution is -2.40. The van der Waals surface area contributed by atoms with Crippen LogP contribution in [-0.4, -0.2) is 84.3 Å². The summed E-state index contributed by atoms with van der Waals surface area (Å²) in [6.07, 6.45) is 0.475. The van der Waals surface area contributed by atoms with Crippen LogP contribution in [0.5, 0.6) is 0 Å². The zero-order valence-corrected chi connectivity index (χ0v) is 11.8. The maximum absolute atomic E-state index is 10.8. The van der Waals surface area contributed by atoms with Crippen molar-refractivity contribution in [3.63, 3.8) is 0 Å². The SMILES string of the molecule is NC(=O)CCN(CCO)CCN(CCO)CCC(N)=O. The van der Waals surface area contributed by atoms with Crippen molar-refractivity contribution in [3.05, 3.63) is 0 Å². The van der Waals surface area contributed by atoms with Gasteiger partial charge in [0.1, 0.15) is 0 Å². The molecule has 0 aromatic heterocycles. The minimum Gasteiger partial charge on any atom is -0.395 e. The molecule has 0 heterocycles. The maximum Gasteiger partial charge on any atom is 0.218 e. The average molecular weight is 290 g/mol. The largest absolute Gasteiger partial charge is 0.395 e. The Kier molecular flexibility index (Phi) is 10.9.